The van der Waals surface area contributed by atoms with Gasteiger partial charge in [-0.1, -0.05) is 12.5 Å². The number of hydrogen-bond acceptors (Lipinski definition) is 2. The van der Waals surface area contributed by atoms with Crippen LogP contribution in [0.2, 0.25) is 0 Å². The maximum absolute atomic E-state index is 12.2. The Bertz CT molecular complexity index is 411. The Labute approximate surface area is 103 Å². The van der Waals surface area contributed by atoms with Gasteiger partial charge in [-0.15, -0.1) is 0 Å². The van der Waals surface area contributed by atoms with Gasteiger partial charge in [0.1, 0.15) is 0 Å². The van der Waals surface area contributed by atoms with Gasteiger partial charge in [-0.2, -0.15) is 0 Å². The second-order valence-electron chi connectivity index (χ2n) is 5.77. The molecular weight excluding hydrogens is 212 g/mol. The molecule has 0 radical (unpaired) electrons. The van der Waals surface area contributed by atoms with Crippen molar-refractivity contribution in [3.8, 4) is 0 Å². The van der Waals surface area contributed by atoms with Gasteiger partial charge in [0.25, 0.3) is 0 Å². The van der Waals surface area contributed by atoms with Gasteiger partial charge in [0.05, 0.1) is 6.10 Å². The van der Waals surface area contributed by atoms with Crippen molar-refractivity contribution in [2.75, 3.05) is 0 Å². The summed E-state index contributed by atoms with van der Waals surface area (Å²) in [5.74, 6) is 1.14. The first-order valence-electron chi connectivity index (χ1n) is 6.53. The van der Waals surface area contributed by atoms with E-state index in [2.05, 4.69) is 6.92 Å². The Morgan fingerprint density at radius 1 is 1.35 bits per heavy atom. The minimum Gasteiger partial charge on any atom is -0.389 e. The summed E-state index contributed by atoms with van der Waals surface area (Å²) in [6.07, 6.45) is 2.05. The minimum absolute atomic E-state index is 0.266. The van der Waals surface area contributed by atoms with E-state index in [1.165, 1.54) is 0 Å². The molecule has 0 bridgehead atoms. The number of hydrogen-bond donors (Lipinski definition) is 1. The van der Waals surface area contributed by atoms with Crippen LogP contribution < -0.4 is 0 Å². The number of carbonyl (C=O) groups excluding carboxylic acids is 1. The standard InChI is InChI=1S/C15H22O2/c1-8(2)14-12(16)6-5-9(3)11-7-13(17)10(4)15(11)14/h9,11,13,17H,5-7H2,1-4H3. The highest BCUT2D eigenvalue weighted by Gasteiger charge is 2.39. The van der Waals surface area contributed by atoms with Crippen LogP contribution in [0.15, 0.2) is 22.3 Å². The molecule has 2 aliphatic carbocycles. The van der Waals surface area contributed by atoms with Gasteiger partial charge >= 0.3 is 0 Å². The van der Waals surface area contributed by atoms with Crippen LogP contribution in [0.25, 0.3) is 0 Å². The largest absolute Gasteiger partial charge is 0.389 e. The van der Waals surface area contributed by atoms with Gasteiger partial charge < -0.3 is 5.11 Å². The van der Waals surface area contributed by atoms with E-state index in [4.69, 9.17) is 0 Å². The van der Waals surface area contributed by atoms with E-state index in [1.807, 2.05) is 20.8 Å². The quantitative estimate of drug-likeness (QED) is 0.654. The zero-order chi connectivity index (χ0) is 12.7. The molecule has 0 amide bonds. The normalized spacial score (nSPS) is 33.8. The predicted octanol–water partition coefficient (Wildman–Crippen LogP) is 3.02. The van der Waals surface area contributed by atoms with Gasteiger partial charge in [-0.05, 0) is 56.6 Å². The maximum Gasteiger partial charge on any atom is 0.163 e. The number of rotatable bonds is 0. The Kier molecular flexibility index (Phi) is 3.26. The first-order valence-corrected chi connectivity index (χ1v) is 6.53. The lowest BCUT2D eigenvalue weighted by Crippen LogP contribution is -2.12. The van der Waals surface area contributed by atoms with Gasteiger partial charge in [-0.25, -0.2) is 0 Å². The molecule has 0 aromatic carbocycles. The first kappa shape index (κ1) is 12.6. The highest BCUT2D eigenvalue weighted by atomic mass is 16.3. The average Bonchev–Trinajstić information content (AvgIpc) is 2.46. The summed E-state index contributed by atoms with van der Waals surface area (Å²) in [5.41, 5.74) is 4.19. The topological polar surface area (TPSA) is 37.3 Å². The van der Waals surface area contributed by atoms with Crippen molar-refractivity contribution in [1.29, 1.82) is 0 Å². The maximum atomic E-state index is 12.2. The molecule has 3 unspecified atom stereocenters. The summed E-state index contributed by atoms with van der Waals surface area (Å²) in [6.45, 7) is 8.20. The molecule has 2 rings (SSSR count). The van der Waals surface area contributed by atoms with E-state index in [0.29, 0.717) is 18.3 Å². The van der Waals surface area contributed by atoms with Crippen LogP contribution >= 0.6 is 0 Å². The van der Waals surface area contributed by atoms with Gasteiger partial charge in [0, 0.05) is 12.0 Å². The SMILES string of the molecule is CC(C)=C1C(=O)CCC(C)C2CC(O)C(C)=C12. The smallest absolute Gasteiger partial charge is 0.163 e. The summed E-state index contributed by atoms with van der Waals surface area (Å²) in [4.78, 5) is 12.2. The predicted molar refractivity (Wildman–Crippen MR) is 68.6 cm³/mol. The van der Waals surface area contributed by atoms with E-state index in [-0.39, 0.29) is 11.9 Å². The zero-order valence-electron chi connectivity index (χ0n) is 11.2. The third-order valence-corrected chi connectivity index (χ3v) is 4.33. The number of aliphatic hydroxyl groups excluding tert-OH is 1. The molecule has 0 spiro atoms. The van der Waals surface area contributed by atoms with Crippen molar-refractivity contribution in [3.05, 3.63) is 22.3 Å². The highest BCUT2D eigenvalue weighted by Crippen LogP contribution is 2.45. The van der Waals surface area contributed by atoms with E-state index < -0.39 is 0 Å². The highest BCUT2D eigenvalue weighted by molar-refractivity contribution is 6.01. The molecule has 0 aromatic heterocycles. The second-order valence-corrected chi connectivity index (χ2v) is 5.77. The molecule has 94 valence electrons. The van der Waals surface area contributed by atoms with Gasteiger partial charge in [-0.3, -0.25) is 4.79 Å². The zero-order valence-corrected chi connectivity index (χ0v) is 11.2. The molecule has 2 aliphatic rings. The summed E-state index contributed by atoms with van der Waals surface area (Å²) >= 11 is 0. The van der Waals surface area contributed by atoms with Crippen LogP contribution in [0.1, 0.15) is 47.0 Å². The fourth-order valence-electron chi connectivity index (χ4n) is 3.29. The van der Waals surface area contributed by atoms with Crippen molar-refractivity contribution in [1.82, 2.24) is 0 Å². The van der Waals surface area contributed by atoms with Crippen molar-refractivity contribution >= 4 is 5.78 Å². The molecule has 1 fully saturated rings. The molecular formula is C15H22O2. The lowest BCUT2D eigenvalue weighted by atomic mass is 9.84. The molecule has 0 saturated heterocycles. The molecule has 0 aromatic rings. The van der Waals surface area contributed by atoms with Gasteiger partial charge in [0.2, 0.25) is 0 Å². The van der Waals surface area contributed by atoms with Crippen molar-refractivity contribution in [2.45, 2.75) is 53.1 Å². The van der Waals surface area contributed by atoms with Crippen molar-refractivity contribution < 1.29 is 9.90 Å². The Hall–Kier alpha value is -0.890. The summed E-state index contributed by atoms with van der Waals surface area (Å²) in [7, 11) is 0. The van der Waals surface area contributed by atoms with E-state index >= 15 is 0 Å². The monoisotopic (exact) mass is 234 g/mol. The molecule has 2 heteroatoms. The third-order valence-electron chi connectivity index (χ3n) is 4.33. The van der Waals surface area contributed by atoms with Crippen LogP contribution in [0.3, 0.4) is 0 Å². The molecule has 0 aliphatic heterocycles. The first-order chi connectivity index (χ1) is 7.93. The summed E-state index contributed by atoms with van der Waals surface area (Å²) < 4.78 is 0. The van der Waals surface area contributed by atoms with Crippen molar-refractivity contribution in [3.63, 3.8) is 0 Å². The number of Topliss-reactive ketones (excluding diaryl/α,β-unsaturated/α-hetero) is 1. The lowest BCUT2D eigenvalue weighted by Gasteiger charge is -2.20. The lowest BCUT2D eigenvalue weighted by molar-refractivity contribution is -0.115. The minimum atomic E-state index is -0.349. The van der Waals surface area contributed by atoms with E-state index in [0.717, 1.165) is 35.1 Å². The Morgan fingerprint density at radius 2 is 2.00 bits per heavy atom. The molecule has 2 nitrogen and oxygen atoms in total. The number of carbonyl (C=O) groups is 1. The molecule has 0 heterocycles. The van der Waals surface area contributed by atoms with Crippen LogP contribution in [-0.4, -0.2) is 17.0 Å². The number of aliphatic hydroxyl groups is 1. The summed E-state index contributed by atoms with van der Waals surface area (Å²) in [5, 5.41) is 10.0. The van der Waals surface area contributed by atoms with Crippen LogP contribution in [0.4, 0.5) is 0 Å². The third kappa shape index (κ3) is 1.99. The van der Waals surface area contributed by atoms with E-state index in [1.54, 1.807) is 0 Å². The fraction of sp³-hybridized carbons (Fsp3) is 0.667. The number of fused-ring (bicyclic) bond motifs is 1. The average molecular weight is 234 g/mol. The van der Waals surface area contributed by atoms with Gasteiger partial charge in [0.15, 0.2) is 5.78 Å². The second kappa shape index (κ2) is 4.41. The Morgan fingerprint density at radius 3 is 2.59 bits per heavy atom. The molecule has 17 heavy (non-hydrogen) atoms. The fourth-order valence-corrected chi connectivity index (χ4v) is 3.29. The van der Waals surface area contributed by atoms with Crippen LogP contribution in [0, 0.1) is 11.8 Å². The van der Waals surface area contributed by atoms with Crippen LogP contribution in [-0.2, 0) is 4.79 Å². The molecule has 3 atom stereocenters. The summed E-state index contributed by atoms with van der Waals surface area (Å²) in [6, 6.07) is 0. The van der Waals surface area contributed by atoms with Crippen LogP contribution in [0.5, 0.6) is 0 Å². The van der Waals surface area contributed by atoms with Crippen molar-refractivity contribution in [2.24, 2.45) is 11.8 Å². The van der Waals surface area contributed by atoms with E-state index in [9.17, 15) is 9.90 Å². The Balaban J connectivity index is 2.58. The number of ketones is 1. The molecule has 1 N–H and O–H groups in total. The molecule has 1 saturated carbocycles. The number of allylic oxidation sites excluding steroid dienone is 3.